The topological polar surface area (TPSA) is 77.2 Å². The third kappa shape index (κ3) is 2.30. The molecule has 0 aromatic carbocycles. The van der Waals surface area contributed by atoms with Crippen molar-refractivity contribution in [3.8, 4) is 0 Å². The molecular formula is C11H15N3O2. The lowest BCUT2D eigenvalue weighted by molar-refractivity contribution is 0.0175. The van der Waals surface area contributed by atoms with Crippen molar-refractivity contribution < 1.29 is 9.53 Å². The highest BCUT2D eigenvalue weighted by Crippen LogP contribution is 2.22. The Hall–Kier alpha value is -1.62. The number of anilines is 1. The molecule has 1 saturated carbocycles. The number of carbonyl (C=O) groups is 1. The average Bonchev–Trinajstić information content (AvgIpc) is 2.23. The molecule has 86 valence electrons. The molecule has 5 nitrogen and oxygen atoms in total. The summed E-state index contributed by atoms with van der Waals surface area (Å²) in [6.45, 7) is 0. The first kappa shape index (κ1) is 10.9. The van der Waals surface area contributed by atoms with Crippen molar-refractivity contribution in [2.75, 3.05) is 12.8 Å². The number of methoxy groups -OCH3 is 1. The quantitative estimate of drug-likeness (QED) is 0.782. The second-order valence-electron chi connectivity index (χ2n) is 3.98. The summed E-state index contributed by atoms with van der Waals surface area (Å²) in [5, 5.41) is 2.89. The van der Waals surface area contributed by atoms with Crippen molar-refractivity contribution in [2.24, 2.45) is 0 Å². The number of carbonyl (C=O) groups excluding carboxylic acids is 1. The van der Waals surface area contributed by atoms with Crippen molar-refractivity contribution in [3.05, 3.63) is 24.0 Å². The Bertz CT molecular complexity index is 371. The molecule has 16 heavy (non-hydrogen) atoms. The van der Waals surface area contributed by atoms with Gasteiger partial charge in [-0.05, 0) is 25.0 Å². The predicted molar refractivity (Wildman–Crippen MR) is 59.9 cm³/mol. The van der Waals surface area contributed by atoms with Crippen LogP contribution in [0, 0.1) is 0 Å². The number of rotatable bonds is 3. The van der Waals surface area contributed by atoms with Gasteiger partial charge in [-0.3, -0.25) is 4.79 Å². The van der Waals surface area contributed by atoms with Gasteiger partial charge in [0.15, 0.2) is 0 Å². The van der Waals surface area contributed by atoms with Gasteiger partial charge in [0.2, 0.25) is 0 Å². The molecule has 0 unspecified atom stereocenters. The molecule has 1 heterocycles. The maximum Gasteiger partial charge on any atom is 0.270 e. The van der Waals surface area contributed by atoms with Crippen LogP contribution in [0.15, 0.2) is 18.3 Å². The highest BCUT2D eigenvalue weighted by atomic mass is 16.5. The fourth-order valence-electron chi connectivity index (χ4n) is 1.67. The number of hydrogen-bond donors (Lipinski definition) is 2. The van der Waals surface area contributed by atoms with Gasteiger partial charge in [-0.15, -0.1) is 0 Å². The summed E-state index contributed by atoms with van der Waals surface area (Å²) in [6, 6.07) is 3.49. The number of ether oxygens (including phenoxy) is 1. The van der Waals surface area contributed by atoms with Crippen LogP contribution in [0.5, 0.6) is 0 Å². The molecule has 0 radical (unpaired) electrons. The standard InChI is InChI=1S/C11H15N3O2/c1-16-9-4-8(5-9)14-11(15)10-3-2-7(12)6-13-10/h2-3,6,8-9H,4-5,12H2,1H3,(H,14,15). The van der Waals surface area contributed by atoms with Crippen LogP contribution >= 0.6 is 0 Å². The zero-order valence-electron chi connectivity index (χ0n) is 9.14. The summed E-state index contributed by atoms with van der Waals surface area (Å²) in [7, 11) is 1.68. The molecule has 0 bridgehead atoms. The van der Waals surface area contributed by atoms with Crippen molar-refractivity contribution in [1.29, 1.82) is 0 Å². The van der Waals surface area contributed by atoms with E-state index in [0.717, 1.165) is 12.8 Å². The fraction of sp³-hybridized carbons (Fsp3) is 0.455. The molecule has 1 aromatic rings. The lowest BCUT2D eigenvalue weighted by Gasteiger charge is -2.34. The highest BCUT2D eigenvalue weighted by Gasteiger charge is 2.30. The molecule has 5 heteroatoms. The van der Waals surface area contributed by atoms with Gasteiger partial charge in [0.25, 0.3) is 5.91 Å². The Morgan fingerprint density at radius 3 is 2.88 bits per heavy atom. The van der Waals surface area contributed by atoms with Crippen LogP contribution in [0.3, 0.4) is 0 Å². The smallest absolute Gasteiger partial charge is 0.270 e. The van der Waals surface area contributed by atoms with E-state index in [-0.39, 0.29) is 18.1 Å². The van der Waals surface area contributed by atoms with Gasteiger partial charge in [-0.25, -0.2) is 4.98 Å². The Labute approximate surface area is 94.0 Å². The lowest BCUT2D eigenvalue weighted by atomic mass is 9.89. The summed E-state index contributed by atoms with van der Waals surface area (Å²) in [5.74, 6) is -0.153. The van der Waals surface area contributed by atoms with Crippen LogP contribution in [-0.2, 0) is 4.74 Å². The molecule has 1 fully saturated rings. The van der Waals surface area contributed by atoms with Gasteiger partial charge >= 0.3 is 0 Å². The van der Waals surface area contributed by atoms with E-state index < -0.39 is 0 Å². The van der Waals surface area contributed by atoms with Crippen molar-refractivity contribution >= 4 is 11.6 Å². The SMILES string of the molecule is COC1CC(NC(=O)c2ccc(N)cn2)C1. The molecule has 0 spiro atoms. The molecular weight excluding hydrogens is 206 g/mol. The molecule has 1 aliphatic rings. The minimum absolute atomic E-state index is 0.153. The third-order valence-electron chi connectivity index (χ3n) is 2.78. The van der Waals surface area contributed by atoms with E-state index in [1.165, 1.54) is 6.20 Å². The van der Waals surface area contributed by atoms with Gasteiger partial charge in [0.1, 0.15) is 5.69 Å². The summed E-state index contributed by atoms with van der Waals surface area (Å²) >= 11 is 0. The van der Waals surface area contributed by atoms with E-state index in [1.54, 1.807) is 19.2 Å². The van der Waals surface area contributed by atoms with E-state index in [0.29, 0.717) is 11.4 Å². The van der Waals surface area contributed by atoms with Crippen LogP contribution in [0.2, 0.25) is 0 Å². The molecule has 0 atom stereocenters. The monoisotopic (exact) mass is 221 g/mol. The largest absolute Gasteiger partial charge is 0.397 e. The Kier molecular flexibility index (Phi) is 3.05. The molecule has 1 aromatic heterocycles. The average molecular weight is 221 g/mol. The molecule has 0 saturated heterocycles. The van der Waals surface area contributed by atoms with E-state index in [4.69, 9.17) is 10.5 Å². The normalized spacial score (nSPS) is 23.6. The van der Waals surface area contributed by atoms with Crippen molar-refractivity contribution in [3.63, 3.8) is 0 Å². The van der Waals surface area contributed by atoms with E-state index >= 15 is 0 Å². The van der Waals surface area contributed by atoms with E-state index in [2.05, 4.69) is 10.3 Å². The van der Waals surface area contributed by atoms with Crippen molar-refractivity contribution in [2.45, 2.75) is 25.0 Å². The zero-order valence-corrected chi connectivity index (χ0v) is 9.14. The predicted octanol–water partition coefficient (Wildman–Crippen LogP) is 0.571. The van der Waals surface area contributed by atoms with Crippen LogP contribution in [-0.4, -0.2) is 30.1 Å². The molecule has 1 amide bonds. The number of nitrogens with two attached hydrogens (primary N) is 1. The maximum atomic E-state index is 11.7. The number of nitrogen functional groups attached to an aromatic ring is 1. The number of amides is 1. The first-order valence-electron chi connectivity index (χ1n) is 5.24. The Morgan fingerprint density at radius 2 is 2.31 bits per heavy atom. The fourth-order valence-corrected chi connectivity index (χ4v) is 1.67. The summed E-state index contributed by atoms with van der Waals surface area (Å²) in [6.07, 6.45) is 3.51. The Morgan fingerprint density at radius 1 is 1.56 bits per heavy atom. The Balaban J connectivity index is 1.87. The number of pyridine rings is 1. The highest BCUT2D eigenvalue weighted by molar-refractivity contribution is 5.92. The molecule has 1 aliphatic carbocycles. The summed E-state index contributed by atoms with van der Waals surface area (Å²) in [4.78, 5) is 15.7. The van der Waals surface area contributed by atoms with Crippen LogP contribution < -0.4 is 11.1 Å². The van der Waals surface area contributed by atoms with Gasteiger partial charge < -0.3 is 15.8 Å². The summed E-state index contributed by atoms with van der Waals surface area (Å²) in [5.41, 5.74) is 6.44. The third-order valence-corrected chi connectivity index (χ3v) is 2.78. The minimum Gasteiger partial charge on any atom is -0.397 e. The first-order chi connectivity index (χ1) is 7.69. The first-order valence-corrected chi connectivity index (χ1v) is 5.24. The van der Waals surface area contributed by atoms with Crippen LogP contribution in [0.4, 0.5) is 5.69 Å². The van der Waals surface area contributed by atoms with Crippen LogP contribution in [0.1, 0.15) is 23.3 Å². The van der Waals surface area contributed by atoms with E-state index in [1.807, 2.05) is 0 Å². The second-order valence-corrected chi connectivity index (χ2v) is 3.98. The van der Waals surface area contributed by atoms with Gasteiger partial charge in [0, 0.05) is 13.2 Å². The number of aromatic nitrogens is 1. The molecule has 2 rings (SSSR count). The minimum atomic E-state index is -0.153. The maximum absolute atomic E-state index is 11.7. The summed E-state index contributed by atoms with van der Waals surface area (Å²) < 4.78 is 5.14. The lowest BCUT2D eigenvalue weighted by Crippen LogP contribution is -2.47. The second kappa shape index (κ2) is 4.49. The van der Waals surface area contributed by atoms with Crippen LogP contribution in [0.25, 0.3) is 0 Å². The zero-order chi connectivity index (χ0) is 11.5. The van der Waals surface area contributed by atoms with Gasteiger partial charge in [0.05, 0.1) is 18.0 Å². The number of nitrogens with one attached hydrogen (secondary N) is 1. The van der Waals surface area contributed by atoms with E-state index in [9.17, 15) is 4.79 Å². The van der Waals surface area contributed by atoms with Gasteiger partial charge in [-0.1, -0.05) is 0 Å². The number of nitrogens with zero attached hydrogens (tertiary/aromatic N) is 1. The van der Waals surface area contributed by atoms with Crippen molar-refractivity contribution in [1.82, 2.24) is 10.3 Å². The van der Waals surface area contributed by atoms with Gasteiger partial charge in [-0.2, -0.15) is 0 Å². The molecule has 0 aliphatic heterocycles. The number of hydrogen-bond acceptors (Lipinski definition) is 4. The molecule has 3 N–H and O–H groups in total.